The first-order valence-electron chi connectivity index (χ1n) is 5.72. The number of nitrogens with one attached hydrogen (secondary N) is 1. The third kappa shape index (κ3) is 3.70. The molecular formula is C12H19NO3. The Hall–Kier alpha value is -1.29. The van der Waals surface area contributed by atoms with Gasteiger partial charge >= 0.3 is 0 Å². The fraction of sp³-hybridized carbons (Fsp3) is 0.583. The van der Waals surface area contributed by atoms with Crippen molar-refractivity contribution in [2.24, 2.45) is 0 Å². The van der Waals surface area contributed by atoms with E-state index in [-0.39, 0.29) is 12.0 Å². The van der Waals surface area contributed by atoms with Crippen molar-refractivity contribution in [1.29, 1.82) is 0 Å². The number of carbonyl (C=O) groups excluding carboxylic acids is 1. The van der Waals surface area contributed by atoms with Crippen LogP contribution in [0.1, 0.15) is 43.0 Å². The molecule has 0 aromatic carbocycles. The van der Waals surface area contributed by atoms with Crippen LogP contribution < -0.4 is 5.32 Å². The van der Waals surface area contributed by atoms with E-state index in [1.54, 1.807) is 12.1 Å². The van der Waals surface area contributed by atoms with Crippen molar-refractivity contribution in [3.63, 3.8) is 0 Å². The number of hydrogen-bond acceptors (Lipinski definition) is 3. The molecule has 16 heavy (non-hydrogen) atoms. The molecule has 4 nitrogen and oxygen atoms in total. The van der Waals surface area contributed by atoms with E-state index >= 15 is 0 Å². The van der Waals surface area contributed by atoms with Gasteiger partial charge in [-0.1, -0.05) is 13.8 Å². The Morgan fingerprint density at radius 1 is 1.50 bits per heavy atom. The molecule has 0 bridgehead atoms. The fourth-order valence-electron chi connectivity index (χ4n) is 1.33. The number of rotatable bonds is 6. The molecule has 0 saturated heterocycles. The fourth-order valence-corrected chi connectivity index (χ4v) is 1.33. The van der Waals surface area contributed by atoms with Crippen LogP contribution in [-0.4, -0.2) is 23.7 Å². The Bertz CT molecular complexity index is 333. The van der Waals surface area contributed by atoms with Gasteiger partial charge in [-0.05, 0) is 25.0 Å². The van der Waals surface area contributed by atoms with E-state index in [4.69, 9.17) is 4.42 Å². The normalized spacial score (nSPS) is 12.4. The van der Waals surface area contributed by atoms with Gasteiger partial charge in [-0.15, -0.1) is 0 Å². The van der Waals surface area contributed by atoms with Gasteiger partial charge in [0.15, 0.2) is 5.76 Å². The van der Waals surface area contributed by atoms with Crippen LogP contribution in [0.3, 0.4) is 0 Å². The summed E-state index contributed by atoms with van der Waals surface area (Å²) in [7, 11) is 0. The van der Waals surface area contributed by atoms with Crippen LogP contribution >= 0.6 is 0 Å². The monoisotopic (exact) mass is 225 g/mol. The van der Waals surface area contributed by atoms with Gasteiger partial charge < -0.3 is 14.8 Å². The first kappa shape index (κ1) is 12.8. The van der Waals surface area contributed by atoms with Gasteiger partial charge in [0.05, 0.1) is 6.10 Å². The molecule has 0 aliphatic carbocycles. The number of aliphatic hydroxyl groups excluding tert-OH is 1. The molecule has 1 unspecified atom stereocenters. The molecule has 2 N–H and O–H groups in total. The van der Waals surface area contributed by atoms with Crippen molar-refractivity contribution in [1.82, 2.24) is 5.32 Å². The van der Waals surface area contributed by atoms with Gasteiger partial charge in [-0.3, -0.25) is 4.79 Å². The maximum atomic E-state index is 11.6. The standard InChI is InChI=1S/C12H19NO3/c1-3-9(14)7-8-13-12(15)11-6-5-10(4-2)16-11/h5-6,9,14H,3-4,7-8H2,1-2H3,(H,13,15). The number of aliphatic hydroxyl groups is 1. The predicted octanol–water partition coefficient (Wildman–Crippen LogP) is 1.73. The lowest BCUT2D eigenvalue weighted by molar-refractivity contribution is 0.0913. The highest BCUT2D eigenvalue weighted by Gasteiger charge is 2.10. The number of carbonyl (C=O) groups is 1. The first-order chi connectivity index (χ1) is 7.67. The number of furan rings is 1. The highest BCUT2D eigenvalue weighted by atomic mass is 16.3. The zero-order valence-corrected chi connectivity index (χ0v) is 9.82. The van der Waals surface area contributed by atoms with E-state index in [1.807, 2.05) is 13.8 Å². The average Bonchev–Trinajstić information content (AvgIpc) is 2.77. The molecule has 1 rings (SSSR count). The SMILES string of the molecule is CCc1ccc(C(=O)NCCC(O)CC)o1. The van der Waals surface area contributed by atoms with Gasteiger partial charge in [0.25, 0.3) is 5.91 Å². The van der Waals surface area contributed by atoms with E-state index in [1.165, 1.54) is 0 Å². The molecule has 4 heteroatoms. The average molecular weight is 225 g/mol. The zero-order chi connectivity index (χ0) is 12.0. The van der Waals surface area contributed by atoms with E-state index in [2.05, 4.69) is 5.32 Å². The Morgan fingerprint density at radius 2 is 2.25 bits per heavy atom. The highest BCUT2D eigenvalue weighted by Crippen LogP contribution is 2.08. The molecular weight excluding hydrogens is 206 g/mol. The van der Waals surface area contributed by atoms with Crippen molar-refractivity contribution in [2.45, 2.75) is 39.2 Å². The second kappa shape index (κ2) is 6.33. The van der Waals surface area contributed by atoms with Crippen LogP contribution in [0.5, 0.6) is 0 Å². The van der Waals surface area contributed by atoms with Crippen LogP contribution in [0.15, 0.2) is 16.5 Å². The molecule has 1 aromatic rings. The number of hydrogen-bond donors (Lipinski definition) is 2. The molecule has 0 aliphatic heterocycles. The van der Waals surface area contributed by atoms with Crippen molar-refractivity contribution in [2.75, 3.05) is 6.54 Å². The van der Waals surface area contributed by atoms with E-state index < -0.39 is 0 Å². The van der Waals surface area contributed by atoms with Crippen LogP contribution in [-0.2, 0) is 6.42 Å². The maximum Gasteiger partial charge on any atom is 0.286 e. The largest absolute Gasteiger partial charge is 0.456 e. The predicted molar refractivity (Wildman–Crippen MR) is 61.3 cm³/mol. The lowest BCUT2D eigenvalue weighted by Crippen LogP contribution is -2.26. The minimum absolute atomic E-state index is 0.219. The van der Waals surface area contributed by atoms with Gasteiger partial charge in [-0.25, -0.2) is 0 Å². The summed E-state index contributed by atoms with van der Waals surface area (Å²) in [6, 6.07) is 3.47. The minimum atomic E-state index is -0.344. The van der Waals surface area contributed by atoms with Crippen LogP contribution in [0.4, 0.5) is 0 Å². The summed E-state index contributed by atoms with van der Waals surface area (Å²) in [6.07, 6.45) is 1.71. The lowest BCUT2D eigenvalue weighted by atomic mass is 10.2. The summed E-state index contributed by atoms with van der Waals surface area (Å²) < 4.78 is 5.30. The summed E-state index contributed by atoms with van der Waals surface area (Å²) in [5.74, 6) is 0.921. The Labute approximate surface area is 95.7 Å². The molecule has 1 aromatic heterocycles. The Balaban J connectivity index is 2.35. The Kier molecular flexibility index (Phi) is 5.05. The van der Waals surface area contributed by atoms with E-state index in [0.717, 1.165) is 12.2 Å². The van der Waals surface area contributed by atoms with Crippen LogP contribution in [0, 0.1) is 0 Å². The van der Waals surface area contributed by atoms with E-state index in [9.17, 15) is 9.90 Å². The molecule has 1 atom stereocenters. The zero-order valence-electron chi connectivity index (χ0n) is 9.82. The molecule has 0 radical (unpaired) electrons. The van der Waals surface area contributed by atoms with Crippen molar-refractivity contribution in [3.05, 3.63) is 23.7 Å². The van der Waals surface area contributed by atoms with E-state index in [0.29, 0.717) is 25.1 Å². The van der Waals surface area contributed by atoms with Crippen molar-refractivity contribution >= 4 is 5.91 Å². The van der Waals surface area contributed by atoms with Crippen molar-refractivity contribution in [3.8, 4) is 0 Å². The molecule has 0 aliphatic rings. The number of aryl methyl sites for hydroxylation is 1. The second-order valence-corrected chi connectivity index (χ2v) is 3.73. The summed E-state index contributed by atoms with van der Waals surface area (Å²) >= 11 is 0. The van der Waals surface area contributed by atoms with Gasteiger partial charge in [0, 0.05) is 13.0 Å². The molecule has 0 spiro atoms. The quantitative estimate of drug-likeness (QED) is 0.775. The lowest BCUT2D eigenvalue weighted by Gasteiger charge is -2.07. The van der Waals surface area contributed by atoms with Crippen molar-refractivity contribution < 1.29 is 14.3 Å². The summed E-state index contributed by atoms with van der Waals surface area (Å²) in [5, 5.41) is 12.0. The molecule has 0 fully saturated rings. The third-order valence-corrected chi connectivity index (χ3v) is 2.47. The smallest absolute Gasteiger partial charge is 0.286 e. The second-order valence-electron chi connectivity index (χ2n) is 3.73. The maximum absolute atomic E-state index is 11.6. The van der Waals surface area contributed by atoms with Gasteiger partial charge in [-0.2, -0.15) is 0 Å². The highest BCUT2D eigenvalue weighted by molar-refractivity contribution is 5.91. The topological polar surface area (TPSA) is 62.5 Å². The summed E-state index contributed by atoms with van der Waals surface area (Å²) in [5.41, 5.74) is 0. The Morgan fingerprint density at radius 3 is 2.81 bits per heavy atom. The first-order valence-corrected chi connectivity index (χ1v) is 5.72. The molecule has 1 heterocycles. The van der Waals surface area contributed by atoms with Gasteiger partial charge in [0.1, 0.15) is 5.76 Å². The summed E-state index contributed by atoms with van der Waals surface area (Å²) in [6.45, 7) is 4.35. The molecule has 0 saturated carbocycles. The third-order valence-electron chi connectivity index (χ3n) is 2.47. The molecule has 90 valence electrons. The molecule has 1 amide bonds. The number of amides is 1. The minimum Gasteiger partial charge on any atom is -0.456 e. The van der Waals surface area contributed by atoms with Gasteiger partial charge in [0.2, 0.25) is 0 Å². The summed E-state index contributed by atoms with van der Waals surface area (Å²) in [4.78, 5) is 11.6. The van der Waals surface area contributed by atoms with Crippen LogP contribution in [0.2, 0.25) is 0 Å². The van der Waals surface area contributed by atoms with Crippen LogP contribution in [0.25, 0.3) is 0 Å².